The molecular formula is C16H20N4OS. The Morgan fingerprint density at radius 1 is 1.36 bits per heavy atom. The van der Waals surface area contributed by atoms with Crippen molar-refractivity contribution in [1.29, 1.82) is 0 Å². The van der Waals surface area contributed by atoms with E-state index in [-0.39, 0.29) is 11.9 Å². The van der Waals surface area contributed by atoms with Crippen LogP contribution in [-0.2, 0) is 4.79 Å². The Balaban J connectivity index is 1.67. The van der Waals surface area contributed by atoms with E-state index in [9.17, 15) is 4.79 Å². The Labute approximate surface area is 134 Å². The van der Waals surface area contributed by atoms with Gasteiger partial charge in [0.2, 0.25) is 5.91 Å². The summed E-state index contributed by atoms with van der Waals surface area (Å²) in [6.07, 6.45) is 3.61. The molecule has 1 amide bonds. The second-order valence-corrected chi connectivity index (χ2v) is 6.61. The molecule has 1 unspecified atom stereocenters. The number of carbonyl (C=O) groups is 1. The maximum atomic E-state index is 12.4. The number of thioether (sulfide) groups is 1. The number of anilines is 1. The van der Waals surface area contributed by atoms with Gasteiger partial charge in [0.25, 0.3) is 0 Å². The summed E-state index contributed by atoms with van der Waals surface area (Å²) < 4.78 is 0. The molecular weight excluding hydrogens is 296 g/mol. The zero-order valence-electron chi connectivity index (χ0n) is 12.6. The first kappa shape index (κ1) is 15.1. The van der Waals surface area contributed by atoms with E-state index in [1.54, 1.807) is 6.20 Å². The Morgan fingerprint density at radius 2 is 2.18 bits per heavy atom. The van der Waals surface area contributed by atoms with E-state index in [1.165, 1.54) is 0 Å². The summed E-state index contributed by atoms with van der Waals surface area (Å²) in [5.41, 5.74) is 2.87. The van der Waals surface area contributed by atoms with Crippen molar-refractivity contribution in [3.05, 3.63) is 36.7 Å². The van der Waals surface area contributed by atoms with Crippen LogP contribution in [0.25, 0.3) is 11.1 Å². The lowest BCUT2D eigenvalue weighted by Crippen LogP contribution is -2.46. The van der Waals surface area contributed by atoms with Crippen molar-refractivity contribution in [3.8, 4) is 11.1 Å². The third-order valence-corrected chi connectivity index (χ3v) is 4.88. The lowest BCUT2D eigenvalue weighted by molar-refractivity contribution is -0.120. The second-order valence-electron chi connectivity index (χ2n) is 5.38. The average molecular weight is 316 g/mol. The molecule has 2 heterocycles. The maximum absolute atomic E-state index is 12.4. The molecule has 0 spiro atoms. The van der Waals surface area contributed by atoms with E-state index in [0.717, 1.165) is 41.4 Å². The van der Waals surface area contributed by atoms with Crippen LogP contribution in [0, 0.1) is 0 Å². The summed E-state index contributed by atoms with van der Waals surface area (Å²) >= 11 is 1.95. The van der Waals surface area contributed by atoms with Crippen molar-refractivity contribution in [2.24, 2.45) is 0 Å². The number of aromatic nitrogens is 2. The monoisotopic (exact) mass is 316 g/mol. The number of H-pyrrole nitrogens is 1. The molecule has 1 aromatic heterocycles. The van der Waals surface area contributed by atoms with Gasteiger partial charge in [0.05, 0.1) is 12.2 Å². The molecule has 0 saturated carbocycles. The van der Waals surface area contributed by atoms with E-state index in [1.807, 2.05) is 49.1 Å². The number of hydrogen-bond donors (Lipinski definition) is 2. The molecule has 6 heteroatoms. The van der Waals surface area contributed by atoms with Crippen molar-refractivity contribution in [2.75, 3.05) is 29.9 Å². The minimum Gasteiger partial charge on any atom is -0.325 e. The summed E-state index contributed by atoms with van der Waals surface area (Å²) in [5, 5.41) is 9.78. The topological polar surface area (TPSA) is 61.0 Å². The molecule has 116 valence electrons. The number of nitrogens with one attached hydrogen (secondary N) is 2. The molecule has 1 fully saturated rings. The first-order valence-corrected chi connectivity index (χ1v) is 8.61. The third-order valence-electron chi connectivity index (χ3n) is 3.93. The minimum absolute atomic E-state index is 0.0521. The average Bonchev–Trinajstić information content (AvgIpc) is 3.10. The van der Waals surface area contributed by atoms with Crippen LogP contribution in [0.4, 0.5) is 5.69 Å². The van der Waals surface area contributed by atoms with Gasteiger partial charge in [0, 0.05) is 42.0 Å². The van der Waals surface area contributed by atoms with Gasteiger partial charge < -0.3 is 5.32 Å². The normalized spacial score (nSPS) is 17.1. The summed E-state index contributed by atoms with van der Waals surface area (Å²) in [6, 6.07) is 7.74. The molecule has 0 radical (unpaired) electrons. The van der Waals surface area contributed by atoms with Crippen molar-refractivity contribution in [3.63, 3.8) is 0 Å². The van der Waals surface area contributed by atoms with E-state index >= 15 is 0 Å². The van der Waals surface area contributed by atoms with Crippen LogP contribution >= 0.6 is 11.8 Å². The van der Waals surface area contributed by atoms with E-state index in [2.05, 4.69) is 20.4 Å². The zero-order valence-corrected chi connectivity index (χ0v) is 13.4. The highest BCUT2D eigenvalue weighted by Gasteiger charge is 2.23. The van der Waals surface area contributed by atoms with Crippen LogP contribution in [0.15, 0.2) is 36.7 Å². The van der Waals surface area contributed by atoms with Crippen LogP contribution in [0.2, 0.25) is 0 Å². The van der Waals surface area contributed by atoms with E-state index in [4.69, 9.17) is 0 Å². The number of rotatable bonds is 4. The van der Waals surface area contributed by atoms with Gasteiger partial charge in [-0.1, -0.05) is 12.1 Å². The molecule has 2 aromatic rings. The molecule has 1 aliphatic rings. The predicted octanol–water partition coefficient (Wildman–Crippen LogP) is 2.45. The van der Waals surface area contributed by atoms with Gasteiger partial charge in [0.1, 0.15) is 0 Å². The third kappa shape index (κ3) is 3.51. The number of amides is 1. The van der Waals surface area contributed by atoms with E-state index in [0.29, 0.717) is 0 Å². The summed E-state index contributed by atoms with van der Waals surface area (Å²) in [5.74, 6) is 2.26. The number of aromatic amines is 1. The smallest absolute Gasteiger partial charge is 0.241 e. The number of benzene rings is 1. The fourth-order valence-corrected chi connectivity index (χ4v) is 3.49. The van der Waals surface area contributed by atoms with Crippen LogP contribution in [0.5, 0.6) is 0 Å². The Kier molecular flexibility index (Phi) is 4.80. The Bertz CT molecular complexity index is 623. The van der Waals surface area contributed by atoms with Gasteiger partial charge in [-0.2, -0.15) is 16.9 Å². The lowest BCUT2D eigenvalue weighted by atomic mass is 10.1. The molecule has 22 heavy (non-hydrogen) atoms. The fourth-order valence-electron chi connectivity index (χ4n) is 2.56. The number of carbonyl (C=O) groups excluding carboxylic acids is 1. The van der Waals surface area contributed by atoms with Gasteiger partial charge in [-0.05, 0) is 24.6 Å². The van der Waals surface area contributed by atoms with Crippen molar-refractivity contribution < 1.29 is 4.79 Å². The van der Waals surface area contributed by atoms with Gasteiger partial charge in [-0.25, -0.2) is 0 Å². The summed E-state index contributed by atoms with van der Waals surface area (Å²) in [4.78, 5) is 14.7. The molecule has 3 rings (SSSR count). The van der Waals surface area contributed by atoms with Gasteiger partial charge in [-0.3, -0.25) is 14.8 Å². The molecule has 2 N–H and O–H groups in total. The second kappa shape index (κ2) is 6.98. The van der Waals surface area contributed by atoms with Gasteiger partial charge in [-0.15, -0.1) is 0 Å². The largest absolute Gasteiger partial charge is 0.325 e. The Morgan fingerprint density at radius 3 is 2.91 bits per heavy atom. The predicted molar refractivity (Wildman–Crippen MR) is 91.0 cm³/mol. The van der Waals surface area contributed by atoms with E-state index < -0.39 is 0 Å². The molecule has 0 bridgehead atoms. The SMILES string of the molecule is CC(C(=O)Nc1cccc(-c2cn[nH]c2)c1)N1CCSCC1. The van der Waals surface area contributed by atoms with Crippen LogP contribution < -0.4 is 5.32 Å². The Hall–Kier alpha value is -1.79. The van der Waals surface area contributed by atoms with Crippen LogP contribution in [-0.4, -0.2) is 51.6 Å². The molecule has 1 atom stereocenters. The van der Waals surface area contributed by atoms with Gasteiger partial charge in [0.15, 0.2) is 0 Å². The van der Waals surface area contributed by atoms with Crippen molar-refractivity contribution in [1.82, 2.24) is 15.1 Å². The zero-order chi connectivity index (χ0) is 15.4. The highest BCUT2D eigenvalue weighted by molar-refractivity contribution is 7.99. The quantitative estimate of drug-likeness (QED) is 0.909. The molecule has 1 aromatic carbocycles. The number of nitrogens with zero attached hydrogens (tertiary/aromatic N) is 2. The minimum atomic E-state index is -0.0986. The highest BCUT2D eigenvalue weighted by atomic mass is 32.2. The van der Waals surface area contributed by atoms with Crippen LogP contribution in [0.1, 0.15) is 6.92 Å². The first-order chi connectivity index (χ1) is 10.7. The fraction of sp³-hybridized carbons (Fsp3) is 0.375. The lowest BCUT2D eigenvalue weighted by Gasteiger charge is -2.31. The maximum Gasteiger partial charge on any atom is 0.241 e. The van der Waals surface area contributed by atoms with Crippen molar-refractivity contribution in [2.45, 2.75) is 13.0 Å². The van der Waals surface area contributed by atoms with Crippen LogP contribution in [0.3, 0.4) is 0 Å². The highest BCUT2D eigenvalue weighted by Crippen LogP contribution is 2.22. The molecule has 0 aliphatic carbocycles. The summed E-state index contributed by atoms with van der Waals surface area (Å²) in [6.45, 7) is 3.94. The molecule has 5 nitrogen and oxygen atoms in total. The van der Waals surface area contributed by atoms with Gasteiger partial charge >= 0.3 is 0 Å². The van der Waals surface area contributed by atoms with Crippen molar-refractivity contribution >= 4 is 23.4 Å². The summed E-state index contributed by atoms with van der Waals surface area (Å²) in [7, 11) is 0. The molecule has 1 saturated heterocycles. The number of hydrogen-bond acceptors (Lipinski definition) is 4. The molecule has 1 aliphatic heterocycles. The first-order valence-electron chi connectivity index (χ1n) is 7.46. The standard InChI is InChI=1S/C16H20N4OS/c1-12(20-5-7-22-8-6-20)16(21)19-15-4-2-3-13(9-15)14-10-17-18-11-14/h2-4,9-12H,5-8H2,1H3,(H,17,18)(H,19,21).